The smallest absolute Gasteiger partial charge is 0.319 e. The van der Waals surface area contributed by atoms with Gasteiger partial charge in [-0.3, -0.25) is 4.79 Å². The molecule has 1 radical (unpaired) electrons. The third kappa shape index (κ3) is 4.95. The highest BCUT2D eigenvalue weighted by molar-refractivity contribution is 6.64. The van der Waals surface area contributed by atoms with E-state index in [1.165, 1.54) is 14.2 Å². The highest BCUT2D eigenvalue weighted by Gasteiger charge is 2.21. The van der Waals surface area contributed by atoms with Gasteiger partial charge in [0.25, 0.3) is 7.41 Å². The zero-order chi connectivity index (χ0) is 11.0. The standard InChI is InChI=1S/C7H13BNO5/c1-13-6(14-2)3-5(7(11)12)9-8-4-10/h4-6,9H,3H2,1-2H3,(H,11,12). The molecular weight excluding hydrogens is 189 g/mol. The second-order valence-corrected chi connectivity index (χ2v) is 2.50. The fourth-order valence-corrected chi connectivity index (χ4v) is 0.877. The topological polar surface area (TPSA) is 84.9 Å². The van der Waals surface area contributed by atoms with Gasteiger partial charge in [-0.25, -0.2) is 0 Å². The van der Waals surface area contributed by atoms with Crippen molar-refractivity contribution in [2.24, 2.45) is 0 Å². The number of carboxylic acid groups (broad SMARTS) is 1. The van der Waals surface area contributed by atoms with E-state index in [0.29, 0.717) is 6.19 Å². The van der Waals surface area contributed by atoms with Crippen LogP contribution in [0, 0.1) is 0 Å². The van der Waals surface area contributed by atoms with Gasteiger partial charge < -0.3 is 24.6 Å². The van der Waals surface area contributed by atoms with Crippen LogP contribution in [0.15, 0.2) is 0 Å². The van der Waals surface area contributed by atoms with Crippen LogP contribution < -0.4 is 5.23 Å². The van der Waals surface area contributed by atoms with Crippen molar-refractivity contribution in [2.75, 3.05) is 14.2 Å². The molecule has 0 fully saturated rings. The largest absolute Gasteiger partial charge is 0.480 e. The van der Waals surface area contributed by atoms with Gasteiger partial charge in [0.1, 0.15) is 6.04 Å². The van der Waals surface area contributed by atoms with Gasteiger partial charge in [-0.2, -0.15) is 0 Å². The van der Waals surface area contributed by atoms with E-state index in [9.17, 15) is 9.59 Å². The number of carbonyl (C=O) groups excluding carboxylic acids is 1. The van der Waals surface area contributed by atoms with E-state index in [1.54, 1.807) is 0 Å². The lowest BCUT2D eigenvalue weighted by Gasteiger charge is -2.18. The summed E-state index contributed by atoms with van der Waals surface area (Å²) in [4.78, 5) is 20.6. The van der Waals surface area contributed by atoms with E-state index >= 15 is 0 Å². The van der Waals surface area contributed by atoms with Crippen LogP contribution in [-0.4, -0.2) is 51.2 Å². The molecule has 14 heavy (non-hydrogen) atoms. The number of rotatable bonds is 8. The molecule has 79 valence electrons. The molecular formula is C7H13BNO5. The Kier molecular flexibility index (Phi) is 7.00. The predicted molar refractivity (Wildman–Crippen MR) is 49.5 cm³/mol. The van der Waals surface area contributed by atoms with Crippen molar-refractivity contribution in [3.8, 4) is 0 Å². The van der Waals surface area contributed by atoms with Crippen molar-refractivity contribution in [2.45, 2.75) is 18.8 Å². The maximum atomic E-state index is 10.7. The van der Waals surface area contributed by atoms with Gasteiger partial charge in [0.05, 0.1) is 6.19 Å². The van der Waals surface area contributed by atoms with Crippen LogP contribution in [0.3, 0.4) is 0 Å². The number of methoxy groups -OCH3 is 2. The van der Waals surface area contributed by atoms with Gasteiger partial charge in [0.15, 0.2) is 6.29 Å². The Morgan fingerprint density at radius 1 is 1.57 bits per heavy atom. The van der Waals surface area contributed by atoms with Gasteiger partial charge in [-0.1, -0.05) is 0 Å². The second-order valence-electron chi connectivity index (χ2n) is 2.50. The quantitative estimate of drug-likeness (QED) is 0.293. The Labute approximate surface area is 82.8 Å². The van der Waals surface area contributed by atoms with Crippen LogP contribution in [0.2, 0.25) is 0 Å². The maximum Gasteiger partial charge on any atom is 0.319 e. The van der Waals surface area contributed by atoms with Gasteiger partial charge >= 0.3 is 5.97 Å². The van der Waals surface area contributed by atoms with Crippen molar-refractivity contribution >= 4 is 19.6 Å². The minimum absolute atomic E-state index is 0.118. The van der Waals surface area contributed by atoms with Gasteiger partial charge in [-0.05, 0) is 0 Å². The molecule has 1 unspecified atom stereocenters. The van der Waals surface area contributed by atoms with Crippen LogP contribution >= 0.6 is 0 Å². The lowest BCUT2D eigenvalue weighted by molar-refractivity contribution is -0.146. The highest BCUT2D eigenvalue weighted by atomic mass is 16.7. The van der Waals surface area contributed by atoms with Crippen LogP contribution in [0.5, 0.6) is 0 Å². The van der Waals surface area contributed by atoms with Gasteiger partial charge in [0.2, 0.25) is 0 Å². The number of aliphatic carboxylic acids is 1. The third-order valence-corrected chi connectivity index (χ3v) is 1.62. The van der Waals surface area contributed by atoms with E-state index < -0.39 is 18.3 Å². The van der Waals surface area contributed by atoms with E-state index in [-0.39, 0.29) is 6.42 Å². The summed E-state index contributed by atoms with van der Waals surface area (Å²) >= 11 is 0. The van der Waals surface area contributed by atoms with Crippen molar-refractivity contribution in [3.05, 3.63) is 0 Å². The van der Waals surface area contributed by atoms with Crippen LogP contribution in [-0.2, 0) is 19.1 Å². The molecule has 0 aliphatic rings. The number of nitrogens with one attached hydrogen (secondary N) is 1. The lowest BCUT2D eigenvalue weighted by Crippen LogP contribution is -2.42. The molecule has 0 aromatic carbocycles. The molecule has 0 rings (SSSR count). The first-order chi connectivity index (χ1) is 6.65. The van der Waals surface area contributed by atoms with E-state index in [2.05, 4.69) is 5.23 Å². The summed E-state index contributed by atoms with van der Waals surface area (Å²) in [5, 5.41) is 11.1. The Morgan fingerprint density at radius 3 is 2.50 bits per heavy atom. The highest BCUT2D eigenvalue weighted by Crippen LogP contribution is 2.02. The molecule has 0 bridgehead atoms. The fraction of sp³-hybridized carbons (Fsp3) is 0.714. The molecule has 0 amide bonds. The molecule has 0 spiro atoms. The average Bonchev–Trinajstić information content (AvgIpc) is 2.18. The number of hydrogen-bond acceptors (Lipinski definition) is 5. The average molecular weight is 202 g/mol. The van der Waals surface area contributed by atoms with Crippen molar-refractivity contribution in [1.29, 1.82) is 0 Å². The second kappa shape index (κ2) is 7.49. The number of carbonyl (C=O) groups is 2. The maximum absolute atomic E-state index is 10.7. The predicted octanol–water partition coefficient (Wildman–Crippen LogP) is -1.15. The summed E-state index contributed by atoms with van der Waals surface area (Å²) in [6.07, 6.45) is -0.0133. The molecule has 0 aromatic heterocycles. The molecule has 0 aliphatic heterocycles. The van der Waals surface area contributed by atoms with Crippen LogP contribution in [0.4, 0.5) is 0 Å². The van der Waals surface area contributed by atoms with Crippen molar-refractivity contribution in [1.82, 2.24) is 5.23 Å². The first kappa shape index (κ1) is 13.1. The molecule has 0 saturated heterocycles. The van der Waals surface area contributed by atoms with E-state index in [1.807, 2.05) is 0 Å². The molecule has 0 heterocycles. The first-order valence-corrected chi connectivity index (χ1v) is 3.97. The summed E-state index contributed by atoms with van der Waals surface area (Å²) in [5.74, 6) is -1.07. The summed E-state index contributed by atoms with van der Waals surface area (Å²) in [6, 6.07) is -0.898. The van der Waals surface area contributed by atoms with Crippen molar-refractivity contribution < 1.29 is 24.2 Å². The number of hydrogen-bond donors (Lipinski definition) is 2. The van der Waals surface area contributed by atoms with Crippen LogP contribution in [0.1, 0.15) is 6.42 Å². The molecule has 0 saturated carbocycles. The monoisotopic (exact) mass is 202 g/mol. The molecule has 7 heteroatoms. The molecule has 0 aliphatic carbocycles. The minimum atomic E-state index is -1.07. The first-order valence-electron chi connectivity index (χ1n) is 3.97. The van der Waals surface area contributed by atoms with E-state index in [4.69, 9.17) is 14.6 Å². The van der Waals surface area contributed by atoms with Crippen LogP contribution in [0.25, 0.3) is 0 Å². The molecule has 6 nitrogen and oxygen atoms in total. The van der Waals surface area contributed by atoms with E-state index in [0.717, 1.165) is 7.41 Å². The van der Waals surface area contributed by atoms with Gasteiger partial charge in [-0.15, -0.1) is 0 Å². The number of ether oxygens (including phenoxy) is 2. The zero-order valence-corrected chi connectivity index (χ0v) is 8.10. The Balaban J connectivity index is 4.06. The summed E-state index contributed by atoms with van der Waals surface area (Å²) < 4.78 is 9.66. The third-order valence-electron chi connectivity index (χ3n) is 1.62. The molecule has 2 N–H and O–H groups in total. The number of carboxylic acids is 1. The van der Waals surface area contributed by atoms with Crippen molar-refractivity contribution in [3.63, 3.8) is 0 Å². The van der Waals surface area contributed by atoms with Gasteiger partial charge in [0, 0.05) is 20.6 Å². The minimum Gasteiger partial charge on any atom is -0.480 e. The Bertz CT molecular complexity index is 185. The SMILES string of the molecule is COC(CC(N[B]C=O)C(=O)O)OC. The summed E-state index contributed by atoms with van der Waals surface area (Å²) in [6.45, 7) is 0. The molecule has 1 atom stereocenters. The summed E-state index contributed by atoms with van der Waals surface area (Å²) in [5.41, 5.74) is 0. The summed E-state index contributed by atoms with van der Waals surface area (Å²) in [7, 11) is 3.86. The Hall–Kier alpha value is -0.915. The normalized spacial score (nSPS) is 12.5. The zero-order valence-electron chi connectivity index (χ0n) is 8.10. The Morgan fingerprint density at radius 2 is 2.14 bits per heavy atom. The molecule has 0 aromatic rings. The fourth-order valence-electron chi connectivity index (χ4n) is 0.877. The lowest BCUT2D eigenvalue weighted by atomic mass is 9.95.